The van der Waals surface area contributed by atoms with Gasteiger partial charge in [-0.3, -0.25) is 9.59 Å². The number of rotatable bonds is 3. The molecule has 3 fully saturated rings. The zero-order valence-corrected chi connectivity index (χ0v) is 13.7. The van der Waals surface area contributed by atoms with Crippen molar-refractivity contribution < 1.29 is 9.59 Å². The molecule has 0 aromatic rings. The van der Waals surface area contributed by atoms with E-state index in [1.807, 2.05) is 42.3 Å². The molecule has 2 saturated heterocycles. The first-order chi connectivity index (χ1) is 9.52. The van der Waals surface area contributed by atoms with Gasteiger partial charge in [-0.15, -0.1) is 0 Å². The average molecular weight is 314 g/mol. The lowest BCUT2D eigenvalue weighted by Crippen LogP contribution is -2.70. The van der Waals surface area contributed by atoms with Gasteiger partial charge in [0.15, 0.2) is 0 Å². The maximum absolute atomic E-state index is 12.9. The standard InChI is InChI=1S/C14H22N2O2S2/c1-9-12(17)15-14(2,10-3-4-10)13(18)16(9)7-11-8-19-5-6-20-11/h9-11H,3-8H2,1-2H3,(H,15,17). The number of nitrogens with one attached hydrogen (secondary N) is 1. The van der Waals surface area contributed by atoms with Crippen LogP contribution in [0.15, 0.2) is 0 Å². The molecule has 6 heteroatoms. The molecule has 4 nitrogen and oxygen atoms in total. The third-order valence-corrected chi connectivity index (χ3v) is 7.44. The molecule has 3 rings (SSSR count). The number of hydrogen-bond donors (Lipinski definition) is 1. The van der Waals surface area contributed by atoms with Crippen molar-refractivity contribution in [3.8, 4) is 0 Å². The Morgan fingerprint density at radius 1 is 1.35 bits per heavy atom. The van der Waals surface area contributed by atoms with E-state index in [-0.39, 0.29) is 17.9 Å². The zero-order valence-electron chi connectivity index (χ0n) is 12.1. The molecule has 2 aliphatic heterocycles. The number of nitrogens with zero attached hydrogens (tertiary/aromatic N) is 1. The summed E-state index contributed by atoms with van der Waals surface area (Å²) in [4.78, 5) is 26.9. The maximum atomic E-state index is 12.9. The van der Waals surface area contributed by atoms with Crippen LogP contribution in [0.3, 0.4) is 0 Å². The van der Waals surface area contributed by atoms with Crippen LogP contribution in [0.2, 0.25) is 0 Å². The summed E-state index contributed by atoms with van der Waals surface area (Å²) in [6.07, 6.45) is 2.11. The van der Waals surface area contributed by atoms with Gasteiger partial charge in [0.05, 0.1) is 0 Å². The monoisotopic (exact) mass is 314 g/mol. The summed E-state index contributed by atoms with van der Waals surface area (Å²) in [7, 11) is 0. The second-order valence-corrected chi connectivity index (χ2v) is 8.73. The topological polar surface area (TPSA) is 49.4 Å². The van der Waals surface area contributed by atoms with Gasteiger partial charge in [0, 0.05) is 29.1 Å². The van der Waals surface area contributed by atoms with Gasteiger partial charge in [-0.2, -0.15) is 23.5 Å². The van der Waals surface area contributed by atoms with Crippen molar-refractivity contribution in [2.75, 3.05) is 23.8 Å². The Balaban J connectivity index is 1.75. The van der Waals surface area contributed by atoms with Gasteiger partial charge in [0.2, 0.25) is 11.8 Å². The fourth-order valence-electron chi connectivity index (χ4n) is 3.07. The normalized spacial score (nSPS) is 38.8. The van der Waals surface area contributed by atoms with E-state index in [1.165, 1.54) is 5.75 Å². The van der Waals surface area contributed by atoms with E-state index in [0.29, 0.717) is 17.7 Å². The zero-order chi connectivity index (χ0) is 14.3. The largest absolute Gasteiger partial charge is 0.340 e. The van der Waals surface area contributed by atoms with Crippen LogP contribution in [-0.4, -0.2) is 57.3 Å². The molecule has 1 saturated carbocycles. The lowest BCUT2D eigenvalue weighted by atomic mass is 9.89. The van der Waals surface area contributed by atoms with Crippen LogP contribution in [0.4, 0.5) is 0 Å². The van der Waals surface area contributed by atoms with Gasteiger partial charge in [-0.05, 0) is 32.6 Å². The second-order valence-electron chi connectivity index (χ2n) is 6.17. The molecule has 1 aliphatic carbocycles. The molecule has 1 N–H and O–H groups in total. The van der Waals surface area contributed by atoms with Gasteiger partial charge in [0.25, 0.3) is 0 Å². The van der Waals surface area contributed by atoms with E-state index in [2.05, 4.69) is 5.32 Å². The maximum Gasteiger partial charge on any atom is 0.249 e. The molecule has 2 amide bonds. The first-order valence-electron chi connectivity index (χ1n) is 7.35. The Morgan fingerprint density at radius 3 is 2.70 bits per heavy atom. The minimum Gasteiger partial charge on any atom is -0.340 e. The third kappa shape index (κ3) is 2.56. The van der Waals surface area contributed by atoms with Gasteiger partial charge in [-0.25, -0.2) is 0 Å². The van der Waals surface area contributed by atoms with Crippen LogP contribution < -0.4 is 5.32 Å². The number of carbonyl (C=O) groups is 2. The summed E-state index contributed by atoms with van der Waals surface area (Å²) in [5.74, 6) is 3.91. The summed E-state index contributed by atoms with van der Waals surface area (Å²) in [6, 6.07) is -0.332. The van der Waals surface area contributed by atoms with Gasteiger partial charge >= 0.3 is 0 Å². The highest BCUT2D eigenvalue weighted by atomic mass is 32.2. The minimum absolute atomic E-state index is 0.00691. The van der Waals surface area contributed by atoms with Crippen molar-refractivity contribution in [3.63, 3.8) is 0 Å². The Bertz CT molecular complexity index is 421. The number of hydrogen-bond acceptors (Lipinski definition) is 4. The van der Waals surface area contributed by atoms with Gasteiger partial charge in [-0.1, -0.05) is 0 Å². The molecule has 0 spiro atoms. The fraction of sp³-hybridized carbons (Fsp3) is 0.857. The van der Waals surface area contributed by atoms with Crippen LogP contribution in [0.5, 0.6) is 0 Å². The minimum atomic E-state index is -0.657. The summed E-state index contributed by atoms with van der Waals surface area (Å²) in [5, 5.41) is 3.45. The predicted molar refractivity (Wildman–Crippen MR) is 84.0 cm³/mol. The van der Waals surface area contributed by atoms with Gasteiger partial charge < -0.3 is 10.2 Å². The highest BCUT2D eigenvalue weighted by Gasteiger charge is 2.54. The van der Waals surface area contributed by atoms with Crippen molar-refractivity contribution in [2.24, 2.45) is 5.92 Å². The number of carbonyl (C=O) groups excluding carboxylic acids is 2. The van der Waals surface area contributed by atoms with E-state index in [9.17, 15) is 9.59 Å². The Labute approximate surface area is 128 Å². The average Bonchev–Trinajstić information content (AvgIpc) is 3.27. The molecular formula is C14H22N2O2S2. The van der Waals surface area contributed by atoms with Crippen molar-refractivity contribution in [1.29, 1.82) is 0 Å². The number of thioether (sulfide) groups is 2. The molecule has 0 radical (unpaired) electrons. The molecule has 3 aliphatic rings. The first-order valence-corrected chi connectivity index (χ1v) is 9.55. The van der Waals surface area contributed by atoms with Crippen LogP contribution >= 0.6 is 23.5 Å². The quantitative estimate of drug-likeness (QED) is 0.854. The molecule has 0 aromatic heterocycles. The number of piperazine rings is 1. The highest BCUT2D eigenvalue weighted by molar-refractivity contribution is 8.06. The van der Waals surface area contributed by atoms with E-state index in [4.69, 9.17) is 0 Å². The Hall–Kier alpha value is -0.360. The molecule has 112 valence electrons. The molecule has 0 aromatic carbocycles. The molecule has 2 heterocycles. The lowest BCUT2D eigenvalue weighted by molar-refractivity contribution is -0.154. The summed E-state index contributed by atoms with van der Waals surface area (Å²) >= 11 is 3.89. The van der Waals surface area contributed by atoms with Crippen LogP contribution in [0, 0.1) is 5.92 Å². The summed E-state index contributed by atoms with van der Waals surface area (Å²) in [6.45, 7) is 4.47. The molecule has 20 heavy (non-hydrogen) atoms. The highest BCUT2D eigenvalue weighted by Crippen LogP contribution is 2.42. The Morgan fingerprint density at radius 2 is 2.10 bits per heavy atom. The van der Waals surface area contributed by atoms with Crippen LogP contribution in [-0.2, 0) is 9.59 Å². The smallest absolute Gasteiger partial charge is 0.249 e. The second kappa shape index (κ2) is 5.44. The van der Waals surface area contributed by atoms with Crippen molar-refractivity contribution in [3.05, 3.63) is 0 Å². The van der Waals surface area contributed by atoms with E-state index >= 15 is 0 Å². The van der Waals surface area contributed by atoms with Crippen molar-refractivity contribution in [2.45, 2.75) is 43.5 Å². The van der Waals surface area contributed by atoms with Crippen molar-refractivity contribution in [1.82, 2.24) is 10.2 Å². The van der Waals surface area contributed by atoms with Crippen molar-refractivity contribution >= 4 is 35.3 Å². The first kappa shape index (κ1) is 14.6. The lowest BCUT2D eigenvalue weighted by Gasteiger charge is -2.45. The van der Waals surface area contributed by atoms with Crippen LogP contribution in [0.25, 0.3) is 0 Å². The van der Waals surface area contributed by atoms with E-state index in [0.717, 1.165) is 24.3 Å². The Kier molecular flexibility index (Phi) is 3.97. The predicted octanol–water partition coefficient (Wildman–Crippen LogP) is 1.35. The molecule has 0 bridgehead atoms. The van der Waals surface area contributed by atoms with E-state index < -0.39 is 5.54 Å². The van der Waals surface area contributed by atoms with Gasteiger partial charge in [0.1, 0.15) is 11.6 Å². The molecule has 3 unspecified atom stereocenters. The van der Waals surface area contributed by atoms with Crippen LogP contribution in [0.1, 0.15) is 26.7 Å². The van der Waals surface area contributed by atoms with E-state index in [1.54, 1.807) is 0 Å². The SMILES string of the molecule is CC1C(=O)NC(C)(C2CC2)C(=O)N1CC1CSCCS1. The number of amides is 2. The molecular weight excluding hydrogens is 292 g/mol. The fourth-order valence-corrected chi connectivity index (χ4v) is 5.73. The summed E-state index contributed by atoms with van der Waals surface area (Å²) in [5.41, 5.74) is -0.657. The summed E-state index contributed by atoms with van der Waals surface area (Å²) < 4.78 is 0. The molecule has 3 atom stereocenters. The third-order valence-electron chi connectivity index (χ3n) is 4.61.